The molecule has 2 aromatic heterocycles. The molecule has 0 saturated carbocycles. The summed E-state index contributed by atoms with van der Waals surface area (Å²) in [5, 5.41) is 13.7. The molecular weight excluding hydrogens is 468 g/mol. The summed E-state index contributed by atoms with van der Waals surface area (Å²) in [6.07, 6.45) is 3.00. The number of rotatable bonds is 11. The molecule has 9 heteroatoms. The SMILES string of the molecule is CCOc1ccc2[nH]c(=O)c(CN(Cc3ccccc3)[C@H](CC)c3nnnn3C[C@H]3CCCO3)cc2c1. The van der Waals surface area contributed by atoms with Crippen LogP contribution in [0, 0.1) is 0 Å². The zero-order chi connectivity index (χ0) is 25.6. The van der Waals surface area contributed by atoms with Crippen molar-refractivity contribution in [2.24, 2.45) is 0 Å². The molecule has 0 radical (unpaired) electrons. The third-order valence-electron chi connectivity index (χ3n) is 6.89. The van der Waals surface area contributed by atoms with E-state index < -0.39 is 0 Å². The lowest BCUT2D eigenvalue weighted by atomic mass is 10.1. The smallest absolute Gasteiger partial charge is 0.252 e. The second-order valence-corrected chi connectivity index (χ2v) is 9.47. The Kier molecular flexibility index (Phi) is 7.91. The highest BCUT2D eigenvalue weighted by atomic mass is 16.5. The first-order chi connectivity index (χ1) is 18.1. The summed E-state index contributed by atoms with van der Waals surface area (Å²) in [5.74, 6) is 1.58. The minimum absolute atomic E-state index is 0.0820. The van der Waals surface area contributed by atoms with E-state index in [2.05, 4.69) is 44.5 Å². The Labute approximate surface area is 216 Å². The molecule has 5 rings (SSSR count). The number of pyridine rings is 1. The van der Waals surface area contributed by atoms with Crippen molar-refractivity contribution in [1.82, 2.24) is 30.1 Å². The Morgan fingerprint density at radius 3 is 2.78 bits per heavy atom. The van der Waals surface area contributed by atoms with Crippen molar-refractivity contribution in [1.29, 1.82) is 0 Å². The van der Waals surface area contributed by atoms with Crippen LogP contribution in [0.25, 0.3) is 10.9 Å². The topological polar surface area (TPSA) is 98.2 Å². The van der Waals surface area contributed by atoms with Crippen LogP contribution in [0.5, 0.6) is 5.75 Å². The molecule has 37 heavy (non-hydrogen) atoms. The van der Waals surface area contributed by atoms with E-state index in [9.17, 15) is 4.79 Å². The van der Waals surface area contributed by atoms with E-state index in [1.54, 1.807) is 0 Å². The fourth-order valence-corrected chi connectivity index (χ4v) is 5.08. The van der Waals surface area contributed by atoms with E-state index in [1.165, 1.54) is 0 Å². The maximum Gasteiger partial charge on any atom is 0.252 e. The van der Waals surface area contributed by atoms with Gasteiger partial charge in [-0.3, -0.25) is 9.69 Å². The molecule has 9 nitrogen and oxygen atoms in total. The van der Waals surface area contributed by atoms with Crippen LogP contribution in [0.2, 0.25) is 0 Å². The van der Waals surface area contributed by atoms with Crippen LogP contribution >= 0.6 is 0 Å². The highest BCUT2D eigenvalue weighted by Crippen LogP contribution is 2.28. The minimum Gasteiger partial charge on any atom is -0.494 e. The lowest BCUT2D eigenvalue weighted by Crippen LogP contribution is -2.33. The van der Waals surface area contributed by atoms with Gasteiger partial charge < -0.3 is 14.5 Å². The van der Waals surface area contributed by atoms with Crippen molar-refractivity contribution < 1.29 is 9.47 Å². The van der Waals surface area contributed by atoms with Crippen molar-refractivity contribution in [2.45, 2.75) is 64.9 Å². The molecule has 1 aliphatic rings. The molecule has 2 aromatic carbocycles. The van der Waals surface area contributed by atoms with Crippen LogP contribution in [0.1, 0.15) is 56.1 Å². The monoisotopic (exact) mass is 502 g/mol. The van der Waals surface area contributed by atoms with Crippen molar-refractivity contribution in [3.05, 3.63) is 81.9 Å². The molecule has 0 aliphatic carbocycles. The third-order valence-corrected chi connectivity index (χ3v) is 6.89. The van der Waals surface area contributed by atoms with E-state index in [0.717, 1.165) is 53.9 Å². The zero-order valence-electron chi connectivity index (χ0n) is 21.5. The summed E-state index contributed by atoms with van der Waals surface area (Å²) in [4.78, 5) is 18.5. The summed E-state index contributed by atoms with van der Waals surface area (Å²) >= 11 is 0. The maximum absolute atomic E-state index is 13.2. The van der Waals surface area contributed by atoms with Gasteiger partial charge in [0, 0.05) is 36.2 Å². The number of hydrogen-bond donors (Lipinski definition) is 1. The molecule has 0 bridgehead atoms. The fourth-order valence-electron chi connectivity index (χ4n) is 5.08. The summed E-state index contributed by atoms with van der Waals surface area (Å²) in [7, 11) is 0. The number of aromatic nitrogens is 5. The number of fused-ring (bicyclic) bond motifs is 1. The van der Waals surface area contributed by atoms with Crippen LogP contribution in [0.4, 0.5) is 0 Å². The Balaban J connectivity index is 1.49. The lowest BCUT2D eigenvalue weighted by molar-refractivity contribution is 0.0888. The van der Waals surface area contributed by atoms with E-state index in [-0.39, 0.29) is 17.7 Å². The molecule has 194 valence electrons. The first kappa shape index (κ1) is 25.1. The quantitative estimate of drug-likeness (QED) is 0.327. The lowest BCUT2D eigenvalue weighted by Gasteiger charge is -2.30. The highest BCUT2D eigenvalue weighted by Gasteiger charge is 2.28. The molecule has 1 saturated heterocycles. The van der Waals surface area contributed by atoms with Gasteiger partial charge in [-0.15, -0.1) is 5.10 Å². The maximum atomic E-state index is 13.2. The predicted octanol–water partition coefficient (Wildman–Crippen LogP) is 4.25. The number of nitrogens with one attached hydrogen (secondary N) is 1. The second-order valence-electron chi connectivity index (χ2n) is 9.47. The van der Waals surface area contributed by atoms with E-state index in [0.29, 0.717) is 31.8 Å². The Hall–Kier alpha value is -3.56. The summed E-state index contributed by atoms with van der Waals surface area (Å²) in [6.45, 7) is 7.20. The summed E-state index contributed by atoms with van der Waals surface area (Å²) in [6, 6.07) is 17.9. The largest absolute Gasteiger partial charge is 0.494 e. The van der Waals surface area contributed by atoms with Crippen molar-refractivity contribution in [2.75, 3.05) is 13.2 Å². The number of ether oxygens (including phenoxy) is 2. The van der Waals surface area contributed by atoms with Gasteiger partial charge in [0.2, 0.25) is 0 Å². The number of aromatic amines is 1. The van der Waals surface area contributed by atoms with Gasteiger partial charge in [0.25, 0.3) is 5.56 Å². The van der Waals surface area contributed by atoms with Gasteiger partial charge >= 0.3 is 0 Å². The molecule has 1 aliphatic heterocycles. The molecule has 1 N–H and O–H groups in total. The van der Waals surface area contributed by atoms with Gasteiger partial charge in [-0.1, -0.05) is 37.3 Å². The minimum atomic E-state index is -0.0940. The molecule has 0 spiro atoms. The molecule has 0 amide bonds. The van der Waals surface area contributed by atoms with Gasteiger partial charge in [-0.05, 0) is 66.4 Å². The summed E-state index contributed by atoms with van der Waals surface area (Å²) < 4.78 is 13.4. The van der Waals surface area contributed by atoms with Gasteiger partial charge in [0.15, 0.2) is 5.82 Å². The predicted molar refractivity (Wildman–Crippen MR) is 141 cm³/mol. The van der Waals surface area contributed by atoms with E-state index in [4.69, 9.17) is 9.47 Å². The van der Waals surface area contributed by atoms with Crippen molar-refractivity contribution in [3.63, 3.8) is 0 Å². The van der Waals surface area contributed by atoms with E-state index in [1.807, 2.05) is 54.1 Å². The van der Waals surface area contributed by atoms with Crippen LogP contribution < -0.4 is 10.3 Å². The van der Waals surface area contributed by atoms with Gasteiger partial charge in [0.05, 0.1) is 25.3 Å². The normalized spacial score (nSPS) is 16.5. The molecule has 1 fully saturated rings. The molecule has 2 atom stereocenters. The molecule has 4 aromatic rings. The molecular formula is C28H34N6O3. The Morgan fingerprint density at radius 2 is 2.03 bits per heavy atom. The standard InChI is InChI=1S/C28H34N6O3/c1-3-26(27-30-31-32-34(27)19-24-11-8-14-37-24)33(17-20-9-6-5-7-10-20)18-22-15-21-16-23(36-4-2)12-13-25(21)29-28(22)35/h5-7,9-10,12-13,15-16,24,26H,3-4,8,11,14,17-19H2,1-2H3,(H,29,35)/t24-,26-/m1/s1. The average molecular weight is 503 g/mol. The van der Waals surface area contributed by atoms with Crippen molar-refractivity contribution in [3.8, 4) is 5.75 Å². The summed E-state index contributed by atoms with van der Waals surface area (Å²) in [5.41, 5.74) is 2.55. The number of nitrogens with zero attached hydrogens (tertiary/aromatic N) is 5. The average Bonchev–Trinajstić information content (AvgIpc) is 3.59. The molecule has 3 heterocycles. The molecule has 0 unspecified atom stereocenters. The highest BCUT2D eigenvalue weighted by molar-refractivity contribution is 5.80. The fraction of sp³-hybridized carbons (Fsp3) is 0.429. The van der Waals surface area contributed by atoms with Crippen LogP contribution in [-0.4, -0.2) is 49.4 Å². The third kappa shape index (κ3) is 5.89. The van der Waals surface area contributed by atoms with Crippen LogP contribution in [-0.2, 0) is 24.4 Å². The number of tetrazole rings is 1. The number of hydrogen-bond acceptors (Lipinski definition) is 7. The Morgan fingerprint density at radius 1 is 1.16 bits per heavy atom. The van der Waals surface area contributed by atoms with Crippen LogP contribution in [0.15, 0.2) is 59.4 Å². The second kappa shape index (κ2) is 11.7. The number of benzene rings is 2. The zero-order valence-corrected chi connectivity index (χ0v) is 21.5. The Bertz CT molecular complexity index is 1360. The first-order valence-corrected chi connectivity index (χ1v) is 13.1. The van der Waals surface area contributed by atoms with Gasteiger partial charge in [-0.2, -0.15) is 0 Å². The first-order valence-electron chi connectivity index (χ1n) is 13.1. The van der Waals surface area contributed by atoms with E-state index >= 15 is 0 Å². The van der Waals surface area contributed by atoms with Crippen molar-refractivity contribution >= 4 is 10.9 Å². The van der Waals surface area contributed by atoms with Gasteiger partial charge in [0.1, 0.15) is 5.75 Å². The van der Waals surface area contributed by atoms with Crippen LogP contribution in [0.3, 0.4) is 0 Å². The number of H-pyrrole nitrogens is 1. The van der Waals surface area contributed by atoms with Gasteiger partial charge in [-0.25, -0.2) is 4.68 Å².